The molecule has 3 rings (SSSR count). The number of nitrogens with one attached hydrogen (secondary N) is 2. The lowest BCUT2D eigenvalue weighted by Crippen LogP contribution is -2.37. The summed E-state index contributed by atoms with van der Waals surface area (Å²) in [5.41, 5.74) is 4.17. The second-order valence-corrected chi connectivity index (χ2v) is 6.90. The smallest absolute Gasteiger partial charge is 0.226 e. The van der Waals surface area contributed by atoms with Gasteiger partial charge in [-0.1, -0.05) is 29.8 Å². The zero-order chi connectivity index (χ0) is 20.5. The van der Waals surface area contributed by atoms with Gasteiger partial charge in [0.25, 0.3) is 0 Å². The zero-order valence-electron chi connectivity index (χ0n) is 17.4. The van der Waals surface area contributed by atoms with Crippen molar-refractivity contribution in [1.29, 1.82) is 0 Å². The van der Waals surface area contributed by atoms with E-state index >= 15 is 0 Å². The molecule has 0 radical (unpaired) electrons. The summed E-state index contributed by atoms with van der Waals surface area (Å²) in [7, 11) is 0. The Morgan fingerprint density at radius 3 is 2.50 bits per heavy atom. The molecule has 0 atom stereocenters. The van der Waals surface area contributed by atoms with Crippen molar-refractivity contribution in [1.82, 2.24) is 15.6 Å². The molecule has 2 aromatic carbocycles. The number of oxazole rings is 1. The number of aliphatic imine (C=N–C) groups is 1. The molecule has 0 saturated carbocycles. The Hall–Kier alpha value is -2.55. The second-order valence-electron chi connectivity index (χ2n) is 6.90. The summed E-state index contributed by atoms with van der Waals surface area (Å²) in [6.45, 7) is 6.14. The van der Waals surface area contributed by atoms with E-state index in [1.807, 2.05) is 43.3 Å². The molecular weight excluding hydrogens is 491 g/mol. The topological polar surface area (TPSA) is 82.7 Å². The summed E-state index contributed by atoms with van der Waals surface area (Å²) in [5.74, 6) is 1.67. The summed E-state index contributed by atoms with van der Waals surface area (Å²) >= 11 is 0. The molecule has 160 valence electrons. The maximum atomic E-state index is 9.34. The fraction of sp³-hybridized carbons (Fsp3) is 0.304. The lowest BCUT2D eigenvalue weighted by Gasteiger charge is -2.11. The maximum Gasteiger partial charge on any atom is 0.226 e. The molecule has 0 aliphatic carbocycles. The third-order valence-electron chi connectivity index (χ3n) is 4.46. The second kappa shape index (κ2) is 12.2. The molecule has 1 heterocycles. The third kappa shape index (κ3) is 7.37. The molecule has 0 saturated heterocycles. The van der Waals surface area contributed by atoms with Crippen LogP contribution in [-0.2, 0) is 13.0 Å². The number of hydrogen-bond donors (Lipinski definition) is 3. The van der Waals surface area contributed by atoms with Gasteiger partial charge < -0.3 is 20.2 Å². The van der Waals surface area contributed by atoms with E-state index in [1.165, 1.54) is 11.1 Å². The molecule has 0 aliphatic heterocycles. The third-order valence-corrected chi connectivity index (χ3v) is 4.46. The van der Waals surface area contributed by atoms with Crippen molar-refractivity contribution in [2.45, 2.75) is 33.2 Å². The van der Waals surface area contributed by atoms with Crippen LogP contribution in [0.4, 0.5) is 0 Å². The Morgan fingerprint density at radius 2 is 1.80 bits per heavy atom. The number of hydrogen-bond acceptors (Lipinski definition) is 4. The van der Waals surface area contributed by atoms with E-state index < -0.39 is 0 Å². The number of guanidine groups is 1. The van der Waals surface area contributed by atoms with Crippen molar-refractivity contribution in [2.24, 2.45) is 4.99 Å². The number of phenols is 1. The van der Waals surface area contributed by atoms with Gasteiger partial charge in [-0.2, -0.15) is 0 Å². The van der Waals surface area contributed by atoms with Crippen LogP contribution in [-0.4, -0.2) is 29.1 Å². The summed E-state index contributed by atoms with van der Waals surface area (Å²) < 4.78 is 5.60. The van der Waals surface area contributed by atoms with E-state index in [0.29, 0.717) is 18.2 Å². The zero-order valence-corrected chi connectivity index (χ0v) is 19.7. The van der Waals surface area contributed by atoms with Crippen molar-refractivity contribution in [2.75, 3.05) is 13.1 Å². The van der Waals surface area contributed by atoms with Crippen LogP contribution in [0.15, 0.2) is 64.2 Å². The Balaban J connectivity index is 0.00000320. The van der Waals surface area contributed by atoms with Crippen LogP contribution in [0.25, 0.3) is 11.5 Å². The van der Waals surface area contributed by atoms with E-state index in [2.05, 4.69) is 27.5 Å². The largest absolute Gasteiger partial charge is 0.508 e. The van der Waals surface area contributed by atoms with Gasteiger partial charge in [-0.05, 0) is 56.5 Å². The molecule has 0 amide bonds. The van der Waals surface area contributed by atoms with Crippen LogP contribution in [0.2, 0.25) is 0 Å². The molecule has 3 aromatic rings. The van der Waals surface area contributed by atoms with Crippen LogP contribution >= 0.6 is 24.0 Å². The minimum absolute atomic E-state index is 0. The molecular formula is C23H29IN4O2. The van der Waals surface area contributed by atoms with E-state index in [-0.39, 0.29) is 24.0 Å². The lowest BCUT2D eigenvalue weighted by molar-refractivity contribution is 0.475. The van der Waals surface area contributed by atoms with Crippen molar-refractivity contribution in [3.8, 4) is 17.2 Å². The number of rotatable bonds is 8. The van der Waals surface area contributed by atoms with E-state index in [9.17, 15) is 5.11 Å². The number of aromatic hydroxyl groups is 1. The number of benzene rings is 2. The van der Waals surface area contributed by atoms with Crippen LogP contribution in [0.1, 0.15) is 30.2 Å². The van der Waals surface area contributed by atoms with Gasteiger partial charge in [0, 0.05) is 18.7 Å². The molecule has 30 heavy (non-hydrogen) atoms. The van der Waals surface area contributed by atoms with Gasteiger partial charge in [-0.15, -0.1) is 24.0 Å². The summed E-state index contributed by atoms with van der Waals surface area (Å²) in [5, 5.41) is 15.9. The van der Waals surface area contributed by atoms with Gasteiger partial charge >= 0.3 is 0 Å². The minimum atomic E-state index is 0. The SMILES string of the molecule is CCNC(=NCc1coc(-c2ccc(C)cc2)n1)NCCCc1ccc(O)cc1.I. The van der Waals surface area contributed by atoms with Crippen LogP contribution in [0, 0.1) is 6.92 Å². The fourth-order valence-electron chi connectivity index (χ4n) is 2.87. The van der Waals surface area contributed by atoms with Crippen LogP contribution < -0.4 is 10.6 Å². The molecule has 0 spiro atoms. The fourth-order valence-corrected chi connectivity index (χ4v) is 2.87. The molecule has 1 aromatic heterocycles. The number of nitrogens with zero attached hydrogens (tertiary/aromatic N) is 2. The van der Waals surface area contributed by atoms with E-state index in [1.54, 1.807) is 18.4 Å². The number of aryl methyl sites for hydroxylation is 2. The monoisotopic (exact) mass is 520 g/mol. The van der Waals surface area contributed by atoms with Crippen molar-refractivity contribution < 1.29 is 9.52 Å². The highest BCUT2D eigenvalue weighted by Gasteiger charge is 2.07. The molecule has 0 bridgehead atoms. The molecule has 6 nitrogen and oxygen atoms in total. The summed E-state index contributed by atoms with van der Waals surface area (Å²) in [4.78, 5) is 9.14. The molecule has 0 fully saturated rings. The highest BCUT2D eigenvalue weighted by atomic mass is 127. The molecule has 0 aliphatic rings. The van der Waals surface area contributed by atoms with E-state index in [0.717, 1.165) is 43.1 Å². The number of aromatic nitrogens is 1. The molecule has 7 heteroatoms. The van der Waals surface area contributed by atoms with Crippen molar-refractivity contribution >= 4 is 29.9 Å². The average molecular weight is 520 g/mol. The van der Waals surface area contributed by atoms with Crippen LogP contribution in [0.3, 0.4) is 0 Å². The quantitative estimate of drug-likeness (QED) is 0.174. The van der Waals surface area contributed by atoms with Crippen molar-refractivity contribution in [3.05, 3.63) is 71.6 Å². The highest BCUT2D eigenvalue weighted by molar-refractivity contribution is 14.0. The Morgan fingerprint density at radius 1 is 1.07 bits per heavy atom. The average Bonchev–Trinajstić information content (AvgIpc) is 3.20. The van der Waals surface area contributed by atoms with Gasteiger partial charge in [0.1, 0.15) is 17.7 Å². The Bertz CT molecular complexity index is 921. The van der Waals surface area contributed by atoms with Crippen LogP contribution in [0.5, 0.6) is 5.75 Å². The predicted octanol–water partition coefficient (Wildman–Crippen LogP) is 4.66. The van der Waals surface area contributed by atoms with Gasteiger partial charge in [0.05, 0.1) is 6.54 Å². The van der Waals surface area contributed by atoms with Gasteiger partial charge in [-0.3, -0.25) is 0 Å². The molecule has 0 unspecified atom stereocenters. The molecule has 3 N–H and O–H groups in total. The summed E-state index contributed by atoms with van der Waals surface area (Å²) in [6, 6.07) is 15.4. The predicted molar refractivity (Wildman–Crippen MR) is 131 cm³/mol. The first-order valence-electron chi connectivity index (χ1n) is 9.95. The van der Waals surface area contributed by atoms with Gasteiger partial charge in [-0.25, -0.2) is 9.98 Å². The maximum absolute atomic E-state index is 9.34. The first-order valence-corrected chi connectivity index (χ1v) is 9.95. The summed E-state index contributed by atoms with van der Waals surface area (Å²) in [6.07, 6.45) is 3.57. The highest BCUT2D eigenvalue weighted by Crippen LogP contribution is 2.19. The normalized spacial score (nSPS) is 11.1. The van der Waals surface area contributed by atoms with Crippen molar-refractivity contribution in [3.63, 3.8) is 0 Å². The lowest BCUT2D eigenvalue weighted by atomic mass is 10.1. The van der Waals surface area contributed by atoms with Gasteiger partial charge in [0.15, 0.2) is 5.96 Å². The standard InChI is InChI=1S/C23H28N4O2.HI/c1-3-24-23(25-14-4-5-18-8-12-21(28)13-9-18)26-15-20-16-29-22(27-20)19-10-6-17(2)7-11-19;/h6-13,16,28H,3-5,14-15H2,1-2H3,(H2,24,25,26);1H. The Kier molecular flexibility index (Phi) is 9.66. The first kappa shape index (κ1) is 23.7. The van der Waals surface area contributed by atoms with Gasteiger partial charge in [0.2, 0.25) is 5.89 Å². The first-order chi connectivity index (χ1) is 14.1. The number of halogens is 1. The van der Waals surface area contributed by atoms with E-state index in [4.69, 9.17) is 4.42 Å². The number of phenolic OH excluding ortho intramolecular Hbond substituents is 1. The Labute approximate surface area is 194 Å². The minimum Gasteiger partial charge on any atom is -0.508 e.